The summed E-state index contributed by atoms with van der Waals surface area (Å²) < 4.78 is 0. The number of unbranched alkanes of at least 4 members (excludes halogenated alkanes) is 1. The molecule has 0 aliphatic carbocycles. The van der Waals surface area contributed by atoms with Gasteiger partial charge in [0.25, 0.3) is 0 Å². The lowest BCUT2D eigenvalue weighted by Crippen LogP contribution is -2.54. The van der Waals surface area contributed by atoms with Crippen LogP contribution in [0.5, 0.6) is 0 Å². The van der Waals surface area contributed by atoms with Crippen molar-refractivity contribution < 1.29 is 24.6 Å². The van der Waals surface area contributed by atoms with Crippen molar-refractivity contribution in [2.75, 3.05) is 13.2 Å². The second-order valence-corrected chi connectivity index (χ2v) is 4.86. The fourth-order valence-electron chi connectivity index (χ4n) is 1.72. The van der Waals surface area contributed by atoms with Gasteiger partial charge in [-0.15, -0.1) is 0 Å². The van der Waals surface area contributed by atoms with Gasteiger partial charge in [-0.25, -0.2) is 0 Å². The molecule has 0 saturated carbocycles. The van der Waals surface area contributed by atoms with Crippen LogP contribution in [0.3, 0.4) is 0 Å². The van der Waals surface area contributed by atoms with Gasteiger partial charge in [-0.05, 0) is 25.8 Å². The van der Waals surface area contributed by atoms with Crippen molar-refractivity contribution in [3.05, 3.63) is 12.1 Å². The topological polar surface area (TPSA) is 180 Å². The van der Waals surface area contributed by atoms with Gasteiger partial charge in [0.2, 0.25) is 17.7 Å². The van der Waals surface area contributed by atoms with Crippen LogP contribution in [0.2, 0.25) is 0 Å². The zero-order valence-electron chi connectivity index (χ0n) is 13.0. The molecule has 10 heteroatoms. The lowest BCUT2D eigenvalue weighted by atomic mass is 10.1. The van der Waals surface area contributed by atoms with E-state index >= 15 is 0 Å². The van der Waals surface area contributed by atoms with E-state index in [4.69, 9.17) is 21.7 Å². The van der Waals surface area contributed by atoms with E-state index in [0.29, 0.717) is 25.8 Å². The van der Waals surface area contributed by atoms with E-state index in [1.807, 2.05) is 0 Å². The molecule has 0 heterocycles. The van der Waals surface area contributed by atoms with Gasteiger partial charge in [-0.1, -0.05) is 0 Å². The van der Waals surface area contributed by atoms with Gasteiger partial charge in [0.1, 0.15) is 12.1 Å². The first-order valence-electron chi connectivity index (χ1n) is 7.15. The summed E-state index contributed by atoms with van der Waals surface area (Å²) in [4.78, 5) is 35.0. The van der Waals surface area contributed by atoms with E-state index < -0.39 is 42.3 Å². The monoisotopic (exact) mass is 331 g/mol. The zero-order valence-corrected chi connectivity index (χ0v) is 13.0. The largest absolute Gasteiger partial charge is 0.494 e. The molecule has 0 aromatic rings. The molecule has 2 atom stereocenters. The summed E-state index contributed by atoms with van der Waals surface area (Å²) in [6.07, 6.45) is 2.43. The molecule has 0 bridgehead atoms. The number of amides is 3. The molecule has 2 unspecified atom stereocenters. The summed E-state index contributed by atoms with van der Waals surface area (Å²) in [5.74, 6) is -2.36. The van der Waals surface area contributed by atoms with E-state index in [1.54, 1.807) is 0 Å². The van der Waals surface area contributed by atoms with E-state index in [2.05, 4.69) is 16.0 Å². The van der Waals surface area contributed by atoms with Crippen molar-refractivity contribution in [1.29, 1.82) is 0 Å². The lowest BCUT2D eigenvalue weighted by molar-refractivity contribution is -0.132. The number of rotatable bonds is 10. The molecule has 0 fully saturated rings. The molecule has 23 heavy (non-hydrogen) atoms. The number of aliphatic hydroxyl groups is 2. The normalized spacial score (nSPS) is 13.8. The summed E-state index contributed by atoms with van der Waals surface area (Å²) in [6.45, 7) is 1.04. The van der Waals surface area contributed by atoms with Gasteiger partial charge in [-0.3, -0.25) is 14.4 Å². The molecule has 0 aliphatic rings. The van der Waals surface area contributed by atoms with Crippen molar-refractivity contribution in [1.82, 2.24) is 16.0 Å². The molecule has 0 spiro atoms. The molecule has 9 N–H and O–H groups in total. The van der Waals surface area contributed by atoms with Gasteiger partial charge in [-0.2, -0.15) is 0 Å². The van der Waals surface area contributed by atoms with Crippen molar-refractivity contribution >= 4 is 17.7 Å². The van der Waals surface area contributed by atoms with E-state index in [0.717, 1.165) is 6.20 Å². The Kier molecular flexibility index (Phi) is 10.1. The molecule has 0 rings (SSSR count). The van der Waals surface area contributed by atoms with Gasteiger partial charge in [0.15, 0.2) is 5.88 Å². The third-order valence-electron chi connectivity index (χ3n) is 2.82. The molecular weight excluding hydrogens is 306 g/mol. The molecule has 132 valence electrons. The number of aliphatic hydroxyl groups excluding tert-OH is 2. The predicted octanol–water partition coefficient (Wildman–Crippen LogP) is -2.47. The average molecular weight is 331 g/mol. The van der Waals surface area contributed by atoms with Crippen LogP contribution in [-0.2, 0) is 14.4 Å². The lowest BCUT2D eigenvalue weighted by Gasteiger charge is -2.21. The van der Waals surface area contributed by atoms with Crippen LogP contribution in [0.4, 0.5) is 0 Å². The van der Waals surface area contributed by atoms with Crippen LogP contribution >= 0.6 is 0 Å². The Balaban J connectivity index is 4.83. The number of hydrogen-bond acceptors (Lipinski definition) is 7. The number of carbonyl (C=O) groups excluding carboxylic acids is 3. The first-order valence-corrected chi connectivity index (χ1v) is 7.15. The third kappa shape index (κ3) is 9.32. The quantitative estimate of drug-likeness (QED) is 0.171. The second kappa shape index (κ2) is 11.3. The van der Waals surface area contributed by atoms with Gasteiger partial charge in [0.05, 0.1) is 12.8 Å². The second-order valence-electron chi connectivity index (χ2n) is 4.86. The van der Waals surface area contributed by atoms with Crippen molar-refractivity contribution in [3.8, 4) is 0 Å². The van der Waals surface area contributed by atoms with Crippen LogP contribution < -0.4 is 27.4 Å². The molecule has 3 amide bonds. The molecule has 0 aliphatic heterocycles. The third-order valence-corrected chi connectivity index (χ3v) is 2.82. The van der Waals surface area contributed by atoms with Crippen LogP contribution in [0, 0.1) is 0 Å². The smallest absolute Gasteiger partial charge is 0.246 e. The molecule has 0 radical (unpaired) electrons. The van der Waals surface area contributed by atoms with E-state index in [9.17, 15) is 14.4 Å². The van der Waals surface area contributed by atoms with Gasteiger partial charge < -0.3 is 37.6 Å². The Hall–Kier alpha value is -2.33. The van der Waals surface area contributed by atoms with Gasteiger partial charge >= 0.3 is 0 Å². The maximum Gasteiger partial charge on any atom is 0.246 e. The fourth-order valence-corrected chi connectivity index (χ4v) is 1.72. The summed E-state index contributed by atoms with van der Waals surface area (Å²) in [7, 11) is 0. The minimum absolute atomic E-state index is 0.298. The van der Waals surface area contributed by atoms with Crippen LogP contribution in [0.1, 0.15) is 26.2 Å². The average Bonchev–Trinajstić information content (AvgIpc) is 2.48. The van der Waals surface area contributed by atoms with E-state index in [1.165, 1.54) is 6.92 Å². The van der Waals surface area contributed by atoms with Crippen molar-refractivity contribution in [2.24, 2.45) is 11.5 Å². The minimum Gasteiger partial charge on any atom is -0.494 e. The Bertz CT molecular complexity index is 436. The minimum atomic E-state index is -1.16. The number of nitrogens with one attached hydrogen (secondary N) is 3. The van der Waals surface area contributed by atoms with Gasteiger partial charge in [0, 0.05) is 6.92 Å². The Labute approximate surface area is 134 Å². The summed E-state index contributed by atoms with van der Waals surface area (Å²) in [5, 5.41) is 24.9. The molecule has 10 nitrogen and oxygen atoms in total. The van der Waals surface area contributed by atoms with Crippen LogP contribution in [0.15, 0.2) is 12.1 Å². The van der Waals surface area contributed by atoms with E-state index in [-0.39, 0.29) is 0 Å². The highest BCUT2D eigenvalue weighted by Crippen LogP contribution is 2.02. The Morgan fingerprint density at radius 3 is 2.26 bits per heavy atom. The molecule has 0 aromatic heterocycles. The maximum atomic E-state index is 12.0. The van der Waals surface area contributed by atoms with Crippen molar-refractivity contribution in [2.45, 2.75) is 38.3 Å². The highest BCUT2D eigenvalue weighted by molar-refractivity contribution is 5.92. The summed E-state index contributed by atoms with van der Waals surface area (Å²) >= 11 is 0. The number of hydrogen-bond donors (Lipinski definition) is 7. The zero-order chi connectivity index (χ0) is 17.8. The number of nitrogens with two attached hydrogens (primary N) is 2. The Morgan fingerprint density at radius 2 is 1.78 bits per heavy atom. The molecule has 0 aromatic carbocycles. The standard InChI is InChI=1S/C13H25N5O5/c1-8(20)17-10(7-19)13(23)18-9(4-2-3-5-14)12(22)16-6-11(15)21/h6,9-10,19,21H,2-5,7,14-15H2,1H3,(H,16,22)(H,17,20)(H,18,23). The summed E-state index contributed by atoms with van der Waals surface area (Å²) in [5.41, 5.74) is 10.4. The molecular formula is C13H25N5O5. The predicted molar refractivity (Wildman–Crippen MR) is 82.6 cm³/mol. The Morgan fingerprint density at radius 1 is 1.13 bits per heavy atom. The first-order chi connectivity index (χ1) is 10.8. The number of carbonyl (C=O) groups is 3. The highest BCUT2D eigenvalue weighted by Gasteiger charge is 2.25. The maximum absolute atomic E-state index is 12.0. The summed E-state index contributed by atoms with van der Waals surface area (Å²) in [6, 6.07) is -2.08. The fraction of sp³-hybridized carbons (Fsp3) is 0.615. The highest BCUT2D eigenvalue weighted by atomic mass is 16.3. The van der Waals surface area contributed by atoms with Crippen molar-refractivity contribution in [3.63, 3.8) is 0 Å². The van der Waals surface area contributed by atoms with Crippen LogP contribution in [-0.4, -0.2) is 53.2 Å². The first kappa shape index (κ1) is 20.7. The molecule has 0 saturated heterocycles. The SMILES string of the molecule is CC(=O)NC(CO)C(=O)NC(CCCCN)C(=O)NC=C(N)O. The van der Waals surface area contributed by atoms with Crippen LogP contribution in [0.25, 0.3) is 0 Å².